The lowest BCUT2D eigenvalue weighted by Crippen LogP contribution is -2.05. The number of aryl methyl sites for hydroxylation is 1. The molecule has 1 fully saturated rings. The van der Waals surface area contributed by atoms with Gasteiger partial charge in [-0.2, -0.15) is 0 Å². The van der Waals surface area contributed by atoms with Crippen LogP contribution in [0, 0.1) is 6.92 Å². The van der Waals surface area contributed by atoms with E-state index in [-0.39, 0.29) is 5.92 Å². The first-order valence-corrected chi connectivity index (χ1v) is 8.32. The average Bonchev–Trinajstić information content (AvgIpc) is 2.88. The third-order valence-electron chi connectivity index (χ3n) is 3.94. The number of ether oxygens (including phenoxy) is 1. The highest BCUT2D eigenvalue weighted by molar-refractivity contribution is 7.80. The predicted octanol–water partition coefficient (Wildman–Crippen LogP) is 6.04. The van der Waals surface area contributed by atoms with E-state index in [2.05, 4.69) is 11.9 Å². The minimum absolute atomic E-state index is 0.0357. The van der Waals surface area contributed by atoms with E-state index in [1.807, 2.05) is 43.3 Å². The van der Waals surface area contributed by atoms with Crippen molar-refractivity contribution in [1.82, 2.24) is 0 Å². The maximum Gasteiger partial charge on any atom is 0.187 e. The minimum atomic E-state index is 0.0357. The van der Waals surface area contributed by atoms with Gasteiger partial charge in [-0.05, 0) is 42.4 Å². The van der Waals surface area contributed by atoms with E-state index in [9.17, 15) is 0 Å². The van der Waals surface area contributed by atoms with Crippen LogP contribution in [0.2, 0.25) is 10.0 Å². The monoisotopic (exact) mass is 363 g/mol. The zero-order chi connectivity index (χ0) is 16.6. The van der Waals surface area contributed by atoms with Gasteiger partial charge in [0.1, 0.15) is 6.61 Å². The van der Waals surface area contributed by atoms with E-state index in [0.717, 1.165) is 22.4 Å². The lowest BCUT2D eigenvalue weighted by Gasteiger charge is -2.18. The van der Waals surface area contributed by atoms with Crippen LogP contribution in [-0.2, 0) is 4.74 Å². The smallest absolute Gasteiger partial charge is 0.187 e. The fourth-order valence-corrected chi connectivity index (χ4v) is 3.27. The van der Waals surface area contributed by atoms with Gasteiger partial charge in [-0.3, -0.25) is 0 Å². The zero-order valence-corrected chi connectivity index (χ0v) is 14.9. The molecule has 1 aliphatic rings. The second-order valence-electron chi connectivity index (χ2n) is 5.44. The Bertz CT molecular complexity index is 804. The molecule has 118 valence electrons. The Labute approximate surface area is 151 Å². The van der Waals surface area contributed by atoms with Crippen molar-refractivity contribution in [2.24, 2.45) is 0 Å². The second-order valence-corrected chi connectivity index (χ2v) is 6.60. The van der Waals surface area contributed by atoms with Crippen LogP contribution in [0.1, 0.15) is 17.0 Å². The number of para-hydroxylation sites is 1. The van der Waals surface area contributed by atoms with Gasteiger partial charge in [0.25, 0.3) is 0 Å². The van der Waals surface area contributed by atoms with E-state index in [0.29, 0.717) is 27.4 Å². The van der Waals surface area contributed by atoms with E-state index in [4.69, 9.17) is 40.2 Å². The summed E-state index contributed by atoms with van der Waals surface area (Å²) in [4.78, 5) is 0. The number of halogens is 2. The summed E-state index contributed by atoms with van der Waals surface area (Å²) in [5, 5.41) is 5.03. The molecule has 0 bridgehead atoms. The largest absolute Gasteiger partial charge is 0.482 e. The van der Waals surface area contributed by atoms with Crippen LogP contribution in [0.4, 0.5) is 11.4 Å². The third kappa shape index (κ3) is 3.09. The van der Waals surface area contributed by atoms with Gasteiger partial charge >= 0.3 is 0 Å². The second kappa shape index (κ2) is 6.52. The van der Waals surface area contributed by atoms with Crippen LogP contribution in [0.3, 0.4) is 0 Å². The summed E-state index contributed by atoms with van der Waals surface area (Å²) in [6.45, 7) is 6.50. The van der Waals surface area contributed by atoms with Crippen molar-refractivity contribution in [2.45, 2.75) is 12.8 Å². The summed E-state index contributed by atoms with van der Waals surface area (Å²) >= 11 is 17.9. The van der Waals surface area contributed by atoms with E-state index < -0.39 is 0 Å². The van der Waals surface area contributed by atoms with E-state index >= 15 is 0 Å². The summed E-state index contributed by atoms with van der Waals surface area (Å²) in [5.41, 5.74) is 4.47. The molecular weight excluding hydrogens is 349 g/mol. The molecule has 0 radical (unpaired) electrons. The molecule has 1 unspecified atom stereocenters. The van der Waals surface area contributed by atoms with Crippen LogP contribution in [0.5, 0.6) is 0 Å². The van der Waals surface area contributed by atoms with Gasteiger partial charge in [0.2, 0.25) is 0 Å². The van der Waals surface area contributed by atoms with Gasteiger partial charge in [0, 0.05) is 17.2 Å². The van der Waals surface area contributed by atoms with E-state index in [1.54, 1.807) is 0 Å². The van der Waals surface area contributed by atoms with Crippen molar-refractivity contribution >= 4 is 51.8 Å². The number of rotatable bonds is 3. The lowest BCUT2D eigenvalue weighted by atomic mass is 9.93. The van der Waals surface area contributed by atoms with E-state index in [1.165, 1.54) is 0 Å². The third-order valence-corrected chi connectivity index (χ3v) is 5.13. The van der Waals surface area contributed by atoms with Crippen molar-refractivity contribution in [2.75, 3.05) is 11.9 Å². The van der Waals surface area contributed by atoms with Crippen molar-refractivity contribution in [3.8, 4) is 0 Å². The standard InChI is InChI=1S/C18H15Cl2NOS/c1-10-7-8-14(19)17(16(10)20)21-15-6-4-3-5-12(15)13-9-22-18(23)11(13)2/h3-8,13,21H,2,9H2,1H3. The number of hydrogen-bond donors (Lipinski definition) is 1. The van der Waals surface area contributed by atoms with Crippen molar-refractivity contribution in [3.63, 3.8) is 0 Å². The van der Waals surface area contributed by atoms with Crippen LogP contribution in [0.15, 0.2) is 48.6 Å². The molecule has 1 heterocycles. The predicted molar refractivity (Wildman–Crippen MR) is 101 cm³/mol. The van der Waals surface area contributed by atoms with Crippen molar-refractivity contribution in [3.05, 3.63) is 69.7 Å². The van der Waals surface area contributed by atoms with Gasteiger partial charge in [-0.25, -0.2) is 0 Å². The van der Waals surface area contributed by atoms with Gasteiger partial charge in [0.05, 0.1) is 15.7 Å². The average molecular weight is 364 g/mol. The Morgan fingerprint density at radius 2 is 1.96 bits per heavy atom. The maximum atomic E-state index is 6.40. The molecule has 2 aromatic carbocycles. The molecule has 1 saturated heterocycles. The highest BCUT2D eigenvalue weighted by Gasteiger charge is 2.29. The number of nitrogens with one attached hydrogen (secondary N) is 1. The number of hydrogen-bond acceptors (Lipinski definition) is 3. The van der Waals surface area contributed by atoms with Crippen LogP contribution >= 0.6 is 35.4 Å². The molecule has 3 rings (SSSR count). The highest BCUT2D eigenvalue weighted by atomic mass is 35.5. The van der Waals surface area contributed by atoms with Gasteiger partial charge in [-0.1, -0.05) is 54.0 Å². The first kappa shape index (κ1) is 16.3. The molecular formula is C18H15Cl2NOS. The molecule has 0 amide bonds. The fraction of sp³-hybridized carbons (Fsp3) is 0.167. The molecule has 0 spiro atoms. The minimum Gasteiger partial charge on any atom is -0.482 e. The quantitative estimate of drug-likeness (QED) is 0.530. The normalized spacial score (nSPS) is 17.3. The first-order chi connectivity index (χ1) is 11.0. The Kier molecular flexibility index (Phi) is 4.62. The molecule has 1 aliphatic heterocycles. The van der Waals surface area contributed by atoms with Crippen molar-refractivity contribution in [1.29, 1.82) is 0 Å². The Hall–Kier alpha value is -1.55. The number of thiocarbonyl (C=S) groups is 1. The van der Waals surface area contributed by atoms with Crippen LogP contribution in [0.25, 0.3) is 0 Å². The first-order valence-electron chi connectivity index (χ1n) is 7.15. The topological polar surface area (TPSA) is 21.3 Å². The maximum absolute atomic E-state index is 6.40. The van der Waals surface area contributed by atoms with Gasteiger partial charge < -0.3 is 10.1 Å². The Morgan fingerprint density at radius 1 is 1.22 bits per heavy atom. The van der Waals surface area contributed by atoms with Crippen LogP contribution in [-0.4, -0.2) is 11.7 Å². The summed E-state index contributed by atoms with van der Waals surface area (Å²) in [7, 11) is 0. The molecule has 0 aromatic heterocycles. The molecule has 1 atom stereocenters. The summed E-state index contributed by atoms with van der Waals surface area (Å²) < 4.78 is 5.46. The fourth-order valence-electron chi connectivity index (χ4n) is 2.59. The number of benzene rings is 2. The molecule has 2 aromatic rings. The van der Waals surface area contributed by atoms with Gasteiger partial charge in [0.15, 0.2) is 5.05 Å². The Balaban J connectivity index is 2.01. The number of anilines is 2. The summed E-state index contributed by atoms with van der Waals surface area (Å²) in [6, 6.07) is 11.7. The molecule has 5 heteroatoms. The van der Waals surface area contributed by atoms with Gasteiger partial charge in [-0.15, -0.1) is 0 Å². The van der Waals surface area contributed by atoms with Crippen LogP contribution < -0.4 is 5.32 Å². The Morgan fingerprint density at radius 3 is 2.65 bits per heavy atom. The SMILES string of the molecule is C=C1C(=S)OCC1c1ccccc1Nc1c(Cl)ccc(C)c1Cl. The van der Waals surface area contributed by atoms with Crippen molar-refractivity contribution < 1.29 is 4.74 Å². The highest BCUT2D eigenvalue weighted by Crippen LogP contribution is 2.39. The molecule has 1 N–H and O–H groups in total. The molecule has 0 saturated carbocycles. The summed E-state index contributed by atoms with van der Waals surface area (Å²) in [6.07, 6.45) is 0. The molecule has 2 nitrogen and oxygen atoms in total. The molecule has 23 heavy (non-hydrogen) atoms. The zero-order valence-electron chi connectivity index (χ0n) is 12.5. The lowest BCUT2D eigenvalue weighted by molar-refractivity contribution is 0.336. The summed E-state index contributed by atoms with van der Waals surface area (Å²) in [5.74, 6) is 0.0357. The molecule has 0 aliphatic carbocycles.